The van der Waals surface area contributed by atoms with Gasteiger partial charge in [0, 0.05) is 0 Å². The molecule has 7 nitrogen and oxygen atoms in total. The van der Waals surface area contributed by atoms with Crippen LogP contribution in [0.3, 0.4) is 0 Å². The first-order valence-corrected chi connectivity index (χ1v) is 5.70. The molecule has 21 heavy (non-hydrogen) atoms. The fourth-order valence-electron chi connectivity index (χ4n) is 1.76. The topological polar surface area (TPSA) is 124 Å². The second-order valence-corrected chi connectivity index (χ2v) is 4.01. The van der Waals surface area contributed by atoms with Crippen LogP contribution in [0.2, 0.25) is 0 Å². The SMILES string of the molecule is O=C(O)c1c(O)cccc1Oc1cccc(O)c1C(=O)O. The molecule has 4 N–H and O–H groups in total. The van der Waals surface area contributed by atoms with Crippen LogP contribution in [0.25, 0.3) is 0 Å². The van der Waals surface area contributed by atoms with Gasteiger partial charge in [0.1, 0.15) is 34.1 Å². The van der Waals surface area contributed by atoms with Crippen LogP contribution in [0.4, 0.5) is 0 Å². The number of benzene rings is 2. The second kappa shape index (κ2) is 5.41. The first kappa shape index (κ1) is 14.2. The summed E-state index contributed by atoms with van der Waals surface area (Å²) < 4.78 is 5.24. The zero-order valence-corrected chi connectivity index (χ0v) is 10.5. The average Bonchev–Trinajstić information content (AvgIpc) is 2.37. The fraction of sp³-hybridized carbons (Fsp3) is 0. The quantitative estimate of drug-likeness (QED) is 0.680. The lowest BCUT2D eigenvalue weighted by Crippen LogP contribution is -2.04. The molecule has 0 fully saturated rings. The summed E-state index contributed by atoms with van der Waals surface area (Å²) in [6.45, 7) is 0. The van der Waals surface area contributed by atoms with E-state index in [1.54, 1.807) is 0 Å². The minimum absolute atomic E-state index is 0.240. The molecule has 0 saturated heterocycles. The average molecular weight is 290 g/mol. The standard InChI is InChI=1S/C14H10O7/c15-7-3-1-5-9(11(7)13(17)18)21-10-6-2-4-8(16)12(10)14(19)20/h1-6,15-16H,(H,17,18)(H,19,20). The molecule has 0 saturated carbocycles. The number of hydrogen-bond donors (Lipinski definition) is 4. The molecule has 0 amide bonds. The summed E-state index contributed by atoms with van der Waals surface area (Å²) in [5.74, 6) is -4.37. The van der Waals surface area contributed by atoms with E-state index in [1.165, 1.54) is 24.3 Å². The van der Waals surface area contributed by atoms with Crippen molar-refractivity contribution in [3.8, 4) is 23.0 Å². The van der Waals surface area contributed by atoms with E-state index in [0.29, 0.717) is 0 Å². The highest BCUT2D eigenvalue weighted by Gasteiger charge is 2.21. The summed E-state index contributed by atoms with van der Waals surface area (Å²) in [5, 5.41) is 37.2. The van der Waals surface area contributed by atoms with Gasteiger partial charge in [0.05, 0.1) is 0 Å². The molecule has 0 aliphatic heterocycles. The van der Waals surface area contributed by atoms with Crippen molar-refractivity contribution in [3.63, 3.8) is 0 Å². The summed E-state index contributed by atoms with van der Waals surface area (Å²) in [4.78, 5) is 22.2. The van der Waals surface area contributed by atoms with Gasteiger partial charge in [0.2, 0.25) is 0 Å². The zero-order chi connectivity index (χ0) is 15.6. The first-order valence-electron chi connectivity index (χ1n) is 5.70. The monoisotopic (exact) mass is 290 g/mol. The molecular weight excluding hydrogens is 280 g/mol. The molecule has 0 atom stereocenters. The largest absolute Gasteiger partial charge is 0.507 e. The van der Waals surface area contributed by atoms with Gasteiger partial charge in [-0.1, -0.05) is 12.1 Å². The minimum atomic E-state index is -1.43. The molecular formula is C14H10O7. The molecule has 0 aliphatic rings. The third kappa shape index (κ3) is 2.71. The van der Waals surface area contributed by atoms with Gasteiger partial charge < -0.3 is 25.2 Å². The van der Waals surface area contributed by atoms with E-state index in [4.69, 9.17) is 14.9 Å². The molecule has 0 aliphatic carbocycles. The Morgan fingerprint density at radius 1 is 0.762 bits per heavy atom. The summed E-state index contributed by atoms with van der Waals surface area (Å²) in [7, 11) is 0. The van der Waals surface area contributed by atoms with Crippen molar-refractivity contribution < 1.29 is 34.8 Å². The van der Waals surface area contributed by atoms with Crippen molar-refractivity contribution in [3.05, 3.63) is 47.5 Å². The highest BCUT2D eigenvalue weighted by molar-refractivity contribution is 5.96. The third-order valence-electron chi connectivity index (χ3n) is 2.66. The molecule has 2 aromatic carbocycles. The lowest BCUT2D eigenvalue weighted by atomic mass is 10.1. The molecule has 7 heteroatoms. The van der Waals surface area contributed by atoms with Crippen molar-refractivity contribution in [2.24, 2.45) is 0 Å². The number of ether oxygens (including phenoxy) is 1. The van der Waals surface area contributed by atoms with Crippen LogP contribution in [0.1, 0.15) is 20.7 Å². The Balaban J connectivity index is 2.54. The maximum atomic E-state index is 11.1. The number of carboxylic acid groups (broad SMARTS) is 2. The Labute approximate surface area is 118 Å². The lowest BCUT2D eigenvalue weighted by molar-refractivity contribution is 0.0684. The number of carbonyl (C=O) groups is 2. The minimum Gasteiger partial charge on any atom is -0.507 e. The number of aromatic carboxylic acids is 2. The van der Waals surface area contributed by atoms with Gasteiger partial charge in [0.15, 0.2) is 0 Å². The van der Waals surface area contributed by atoms with Crippen molar-refractivity contribution in [2.45, 2.75) is 0 Å². The number of aromatic hydroxyl groups is 2. The normalized spacial score (nSPS) is 10.1. The molecule has 0 aromatic heterocycles. The fourth-order valence-corrected chi connectivity index (χ4v) is 1.76. The number of hydrogen-bond acceptors (Lipinski definition) is 5. The van der Waals surface area contributed by atoms with Crippen molar-refractivity contribution >= 4 is 11.9 Å². The summed E-state index contributed by atoms with van der Waals surface area (Å²) in [6, 6.07) is 7.55. The molecule has 2 rings (SSSR count). The Kier molecular flexibility index (Phi) is 3.66. The molecule has 0 spiro atoms. The second-order valence-electron chi connectivity index (χ2n) is 4.01. The maximum absolute atomic E-state index is 11.1. The molecule has 108 valence electrons. The Hall–Kier alpha value is -3.22. The Morgan fingerprint density at radius 3 is 1.48 bits per heavy atom. The highest BCUT2D eigenvalue weighted by Crippen LogP contribution is 2.35. The molecule has 2 aromatic rings. The van der Waals surface area contributed by atoms with E-state index in [-0.39, 0.29) is 11.5 Å². The van der Waals surface area contributed by atoms with Crippen LogP contribution < -0.4 is 4.74 Å². The van der Waals surface area contributed by atoms with E-state index in [1.807, 2.05) is 0 Å². The van der Waals surface area contributed by atoms with Gasteiger partial charge in [-0.15, -0.1) is 0 Å². The van der Waals surface area contributed by atoms with E-state index >= 15 is 0 Å². The van der Waals surface area contributed by atoms with Gasteiger partial charge in [-0.2, -0.15) is 0 Å². The number of rotatable bonds is 4. The molecule has 0 heterocycles. The third-order valence-corrected chi connectivity index (χ3v) is 2.66. The van der Waals surface area contributed by atoms with E-state index in [0.717, 1.165) is 12.1 Å². The van der Waals surface area contributed by atoms with Crippen LogP contribution in [0.5, 0.6) is 23.0 Å². The van der Waals surface area contributed by atoms with Crippen LogP contribution >= 0.6 is 0 Å². The predicted molar refractivity (Wildman–Crippen MR) is 70.2 cm³/mol. The smallest absolute Gasteiger partial charge is 0.343 e. The molecule has 0 unspecified atom stereocenters. The van der Waals surface area contributed by atoms with Crippen molar-refractivity contribution in [2.75, 3.05) is 0 Å². The van der Waals surface area contributed by atoms with Crippen LogP contribution in [0, 0.1) is 0 Å². The van der Waals surface area contributed by atoms with Gasteiger partial charge in [-0.25, -0.2) is 9.59 Å². The predicted octanol–water partition coefficient (Wildman–Crippen LogP) is 2.29. The lowest BCUT2D eigenvalue weighted by Gasteiger charge is -2.12. The van der Waals surface area contributed by atoms with Gasteiger partial charge in [0.25, 0.3) is 0 Å². The number of carboxylic acids is 2. The van der Waals surface area contributed by atoms with Crippen molar-refractivity contribution in [1.82, 2.24) is 0 Å². The van der Waals surface area contributed by atoms with Gasteiger partial charge >= 0.3 is 11.9 Å². The zero-order valence-electron chi connectivity index (χ0n) is 10.5. The van der Waals surface area contributed by atoms with E-state index in [2.05, 4.69) is 0 Å². The summed E-state index contributed by atoms with van der Waals surface area (Å²) in [6.07, 6.45) is 0. The summed E-state index contributed by atoms with van der Waals surface area (Å²) >= 11 is 0. The van der Waals surface area contributed by atoms with E-state index in [9.17, 15) is 19.8 Å². The Bertz CT molecular complexity index is 660. The van der Waals surface area contributed by atoms with E-state index < -0.39 is 34.6 Å². The van der Waals surface area contributed by atoms with Crippen LogP contribution in [-0.4, -0.2) is 32.4 Å². The highest BCUT2D eigenvalue weighted by atomic mass is 16.5. The maximum Gasteiger partial charge on any atom is 0.343 e. The van der Waals surface area contributed by atoms with Gasteiger partial charge in [-0.05, 0) is 24.3 Å². The summed E-state index contributed by atoms with van der Waals surface area (Å²) in [5.41, 5.74) is -1.01. The van der Waals surface area contributed by atoms with Crippen molar-refractivity contribution in [1.29, 1.82) is 0 Å². The molecule has 0 bridgehead atoms. The van der Waals surface area contributed by atoms with Crippen LogP contribution in [-0.2, 0) is 0 Å². The number of phenols is 2. The Morgan fingerprint density at radius 2 is 1.14 bits per heavy atom. The van der Waals surface area contributed by atoms with Gasteiger partial charge in [-0.3, -0.25) is 0 Å². The first-order chi connectivity index (χ1) is 9.91. The molecule has 0 radical (unpaired) electrons. The van der Waals surface area contributed by atoms with Crippen LogP contribution in [0.15, 0.2) is 36.4 Å².